The van der Waals surface area contributed by atoms with Gasteiger partial charge in [-0.15, -0.1) is 0 Å². The first-order valence-electron chi connectivity index (χ1n) is 6.74. The molecule has 1 aromatic carbocycles. The Morgan fingerprint density at radius 3 is 2.39 bits per heavy atom. The van der Waals surface area contributed by atoms with Gasteiger partial charge < -0.3 is 11.1 Å². The average Bonchev–Trinajstić information content (AvgIpc) is 2.40. The zero-order valence-electron chi connectivity index (χ0n) is 11.0. The fourth-order valence-electron chi connectivity index (χ4n) is 2.63. The Kier molecular flexibility index (Phi) is 4.02. The number of hydrogen-bond donors (Lipinski definition) is 2. The van der Waals surface area contributed by atoms with Gasteiger partial charge in [-0.2, -0.15) is 0 Å². The van der Waals surface area contributed by atoms with E-state index in [9.17, 15) is 4.79 Å². The Balaban J connectivity index is 2.07. The molecule has 0 aliphatic heterocycles. The smallest absolute Gasteiger partial charge is 0.251 e. The largest absolute Gasteiger partial charge is 0.345 e. The molecule has 98 valence electrons. The maximum atomic E-state index is 12.2. The second-order valence-electron chi connectivity index (χ2n) is 5.37. The van der Waals surface area contributed by atoms with Gasteiger partial charge in [0.1, 0.15) is 0 Å². The molecule has 0 saturated heterocycles. The van der Waals surface area contributed by atoms with Gasteiger partial charge in [0.2, 0.25) is 0 Å². The zero-order valence-corrected chi connectivity index (χ0v) is 11.0. The predicted molar refractivity (Wildman–Crippen MR) is 73.5 cm³/mol. The summed E-state index contributed by atoms with van der Waals surface area (Å²) in [5, 5.41) is 3.15. The lowest BCUT2D eigenvalue weighted by atomic mass is 9.81. The quantitative estimate of drug-likeness (QED) is 0.860. The highest BCUT2D eigenvalue weighted by Gasteiger charge is 2.32. The lowest BCUT2D eigenvalue weighted by Crippen LogP contribution is -2.54. The minimum Gasteiger partial charge on any atom is -0.345 e. The van der Waals surface area contributed by atoms with Crippen LogP contribution < -0.4 is 11.1 Å². The molecule has 3 heteroatoms. The maximum absolute atomic E-state index is 12.2. The van der Waals surface area contributed by atoms with Crippen LogP contribution in [0.1, 0.15) is 48.0 Å². The van der Waals surface area contributed by atoms with Gasteiger partial charge in [0.15, 0.2) is 0 Å². The molecule has 0 bridgehead atoms. The molecular weight excluding hydrogens is 224 g/mol. The van der Waals surface area contributed by atoms with Crippen molar-refractivity contribution in [2.75, 3.05) is 6.54 Å². The van der Waals surface area contributed by atoms with Crippen molar-refractivity contribution < 1.29 is 4.79 Å². The Bertz CT molecular complexity index is 405. The van der Waals surface area contributed by atoms with E-state index in [0.29, 0.717) is 6.54 Å². The van der Waals surface area contributed by atoms with E-state index in [4.69, 9.17) is 5.73 Å². The normalized spacial score (nSPS) is 18.3. The van der Waals surface area contributed by atoms with Crippen LogP contribution in [0.2, 0.25) is 0 Å². The summed E-state index contributed by atoms with van der Waals surface area (Å²) in [5.74, 6) is 0.00218. The van der Waals surface area contributed by atoms with Gasteiger partial charge in [0.25, 0.3) is 5.91 Å². The standard InChI is InChI=1S/C15H22N2O/c1-12-5-7-13(8-6-12)14(18)17-15(11-16)9-3-2-4-10-15/h5-8H,2-4,9-11,16H2,1H3,(H,17,18). The van der Waals surface area contributed by atoms with E-state index in [2.05, 4.69) is 5.32 Å². The third-order valence-electron chi connectivity index (χ3n) is 3.89. The van der Waals surface area contributed by atoms with Crippen molar-refractivity contribution >= 4 is 5.91 Å². The summed E-state index contributed by atoms with van der Waals surface area (Å²) in [7, 11) is 0. The van der Waals surface area contributed by atoms with E-state index in [-0.39, 0.29) is 11.4 Å². The van der Waals surface area contributed by atoms with Crippen molar-refractivity contribution in [2.24, 2.45) is 5.73 Å². The van der Waals surface area contributed by atoms with Crippen molar-refractivity contribution in [2.45, 2.75) is 44.6 Å². The summed E-state index contributed by atoms with van der Waals surface area (Å²) in [6, 6.07) is 7.67. The van der Waals surface area contributed by atoms with E-state index < -0.39 is 0 Å². The molecule has 0 atom stereocenters. The van der Waals surface area contributed by atoms with E-state index in [0.717, 1.165) is 36.8 Å². The number of nitrogens with one attached hydrogen (secondary N) is 1. The number of nitrogens with two attached hydrogens (primary N) is 1. The molecule has 3 N–H and O–H groups in total. The van der Waals surface area contributed by atoms with Gasteiger partial charge >= 0.3 is 0 Å². The number of hydrogen-bond acceptors (Lipinski definition) is 2. The Morgan fingerprint density at radius 1 is 1.22 bits per heavy atom. The maximum Gasteiger partial charge on any atom is 0.251 e. The minimum atomic E-state index is -0.180. The first-order valence-corrected chi connectivity index (χ1v) is 6.74. The molecular formula is C15H22N2O. The molecule has 1 aromatic rings. The van der Waals surface area contributed by atoms with Crippen molar-refractivity contribution in [1.29, 1.82) is 0 Å². The third kappa shape index (κ3) is 2.91. The van der Waals surface area contributed by atoms with Crippen molar-refractivity contribution in [1.82, 2.24) is 5.32 Å². The lowest BCUT2D eigenvalue weighted by molar-refractivity contribution is 0.0874. The summed E-state index contributed by atoms with van der Waals surface area (Å²) >= 11 is 0. The van der Waals surface area contributed by atoms with Gasteiger partial charge in [-0.3, -0.25) is 4.79 Å². The van der Waals surface area contributed by atoms with Crippen LogP contribution in [0.25, 0.3) is 0 Å². The monoisotopic (exact) mass is 246 g/mol. The number of carbonyl (C=O) groups excluding carboxylic acids is 1. The summed E-state index contributed by atoms with van der Waals surface area (Å²) in [6.07, 6.45) is 5.57. The molecule has 18 heavy (non-hydrogen) atoms. The van der Waals surface area contributed by atoms with Crippen molar-refractivity contribution in [3.63, 3.8) is 0 Å². The van der Waals surface area contributed by atoms with Crippen LogP contribution >= 0.6 is 0 Å². The van der Waals surface area contributed by atoms with Gasteiger partial charge in [-0.1, -0.05) is 37.0 Å². The first kappa shape index (κ1) is 13.1. The van der Waals surface area contributed by atoms with Crippen LogP contribution in [0, 0.1) is 6.92 Å². The molecule has 2 rings (SSSR count). The first-order chi connectivity index (χ1) is 8.65. The van der Waals surface area contributed by atoms with E-state index in [1.54, 1.807) is 0 Å². The number of benzene rings is 1. The molecule has 0 radical (unpaired) electrons. The fourth-order valence-corrected chi connectivity index (χ4v) is 2.63. The Morgan fingerprint density at radius 2 is 1.83 bits per heavy atom. The Hall–Kier alpha value is -1.35. The molecule has 0 heterocycles. The van der Waals surface area contributed by atoms with Crippen LogP contribution in [0.15, 0.2) is 24.3 Å². The average molecular weight is 246 g/mol. The van der Waals surface area contributed by atoms with E-state index in [1.807, 2.05) is 31.2 Å². The second kappa shape index (κ2) is 5.53. The van der Waals surface area contributed by atoms with Crippen LogP contribution in [0.5, 0.6) is 0 Å². The molecule has 1 aliphatic rings. The molecule has 1 saturated carbocycles. The molecule has 1 fully saturated rings. The zero-order chi connectivity index (χ0) is 13.0. The highest BCUT2D eigenvalue weighted by Crippen LogP contribution is 2.27. The summed E-state index contributed by atoms with van der Waals surface area (Å²) in [4.78, 5) is 12.2. The number of amides is 1. The SMILES string of the molecule is Cc1ccc(C(=O)NC2(CN)CCCCC2)cc1. The molecule has 1 aliphatic carbocycles. The summed E-state index contributed by atoms with van der Waals surface area (Å²) in [5.41, 5.74) is 7.58. The van der Waals surface area contributed by atoms with Crippen LogP contribution in [-0.4, -0.2) is 18.0 Å². The summed E-state index contributed by atoms with van der Waals surface area (Å²) in [6.45, 7) is 2.55. The molecule has 3 nitrogen and oxygen atoms in total. The van der Waals surface area contributed by atoms with Gasteiger partial charge in [-0.25, -0.2) is 0 Å². The highest BCUT2D eigenvalue weighted by molar-refractivity contribution is 5.94. The molecule has 0 spiro atoms. The van der Waals surface area contributed by atoms with Crippen molar-refractivity contribution in [3.8, 4) is 0 Å². The van der Waals surface area contributed by atoms with Crippen molar-refractivity contribution in [3.05, 3.63) is 35.4 Å². The molecule has 0 aromatic heterocycles. The van der Waals surface area contributed by atoms with Gasteiger partial charge in [-0.05, 0) is 31.9 Å². The van der Waals surface area contributed by atoms with Crippen LogP contribution in [-0.2, 0) is 0 Å². The van der Waals surface area contributed by atoms with E-state index >= 15 is 0 Å². The van der Waals surface area contributed by atoms with Gasteiger partial charge in [0.05, 0.1) is 5.54 Å². The highest BCUT2D eigenvalue weighted by atomic mass is 16.1. The minimum absolute atomic E-state index is 0.00218. The Labute approximate surface area is 109 Å². The number of carbonyl (C=O) groups is 1. The van der Waals surface area contributed by atoms with Crippen LogP contribution in [0.4, 0.5) is 0 Å². The third-order valence-corrected chi connectivity index (χ3v) is 3.89. The topological polar surface area (TPSA) is 55.1 Å². The summed E-state index contributed by atoms with van der Waals surface area (Å²) < 4.78 is 0. The lowest BCUT2D eigenvalue weighted by Gasteiger charge is -2.37. The fraction of sp³-hybridized carbons (Fsp3) is 0.533. The predicted octanol–water partition coefficient (Wildman–Crippen LogP) is 2.39. The number of rotatable bonds is 3. The van der Waals surface area contributed by atoms with Crippen LogP contribution in [0.3, 0.4) is 0 Å². The van der Waals surface area contributed by atoms with E-state index in [1.165, 1.54) is 6.42 Å². The van der Waals surface area contributed by atoms with Gasteiger partial charge in [0, 0.05) is 12.1 Å². The number of aryl methyl sites for hydroxylation is 1. The second-order valence-corrected chi connectivity index (χ2v) is 5.37. The molecule has 1 amide bonds. The molecule has 0 unspecified atom stereocenters.